The molecule has 1 amide bonds. The van der Waals surface area contributed by atoms with Gasteiger partial charge in [0.2, 0.25) is 0 Å². The summed E-state index contributed by atoms with van der Waals surface area (Å²) in [7, 11) is 3.11. The number of carbonyl (C=O) groups is 1. The molecule has 19 heavy (non-hydrogen) atoms. The molecule has 0 aromatic heterocycles. The molecule has 1 atom stereocenters. The Kier molecular flexibility index (Phi) is 4.27. The predicted molar refractivity (Wildman–Crippen MR) is 72.6 cm³/mol. The molecule has 5 nitrogen and oxygen atoms in total. The van der Waals surface area contributed by atoms with Gasteiger partial charge in [-0.1, -0.05) is 6.07 Å². The van der Waals surface area contributed by atoms with Crippen molar-refractivity contribution in [3.05, 3.63) is 23.8 Å². The fourth-order valence-corrected chi connectivity index (χ4v) is 2.43. The smallest absolute Gasteiger partial charge is 0.261 e. The van der Waals surface area contributed by atoms with Crippen molar-refractivity contribution in [3.63, 3.8) is 0 Å². The summed E-state index contributed by atoms with van der Waals surface area (Å²) in [5, 5.41) is 0. The molecule has 1 heterocycles. The number of methoxy groups -OCH3 is 2. The Morgan fingerprint density at radius 2 is 2.00 bits per heavy atom. The molecular weight excluding hydrogens is 244 g/mol. The number of carbonyl (C=O) groups excluding carboxylic acids is 1. The van der Waals surface area contributed by atoms with Gasteiger partial charge in [0.25, 0.3) is 5.91 Å². The van der Waals surface area contributed by atoms with E-state index in [1.54, 1.807) is 32.4 Å². The van der Waals surface area contributed by atoms with Crippen LogP contribution in [0, 0.1) is 5.92 Å². The number of benzene rings is 1. The summed E-state index contributed by atoms with van der Waals surface area (Å²) in [6.07, 6.45) is 0.958. The molecule has 2 N–H and O–H groups in total. The molecule has 1 aliphatic heterocycles. The Labute approximate surface area is 113 Å². The quantitative estimate of drug-likeness (QED) is 0.885. The van der Waals surface area contributed by atoms with Crippen molar-refractivity contribution >= 4 is 5.91 Å². The van der Waals surface area contributed by atoms with Gasteiger partial charge in [0, 0.05) is 13.1 Å². The molecule has 1 unspecified atom stereocenters. The third kappa shape index (κ3) is 2.66. The summed E-state index contributed by atoms with van der Waals surface area (Å²) < 4.78 is 10.5. The maximum absolute atomic E-state index is 12.6. The van der Waals surface area contributed by atoms with Gasteiger partial charge in [0.05, 0.1) is 14.2 Å². The van der Waals surface area contributed by atoms with Crippen LogP contribution in [0.3, 0.4) is 0 Å². The normalized spacial score (nSPS) is 18.5. The van der Waals surface area contributed by atoms with Crippen LogP contribution in [-0.4, -0.2) is 44.7 Å². The lowest BCUT2D eigenvalue weighted by molar-refractivity contribution is 0.0780. The van der Waals surface area contributed by atoms with E-state index in [9.17, 15) is 4.79 Å². The van der Waals surface area contributed by atoms with Crippen LogP contribution in [0.25, 0.3) is 0 Å². The summed E-state index contributed by atoms with van der Waals surface area (Å²) in [4.78, 5) is 14.4. The number of nitrogens with zero attached hydrogens (tertiary/aromatic N) is 1. The molecule has 1 saturated heterocycles. The highest BCUT2D eigenvalue weighted by Crippen LogP contribution is 2.31. The first kappa shape index (κ1) is 13.7. The van der Waals surface area contributed by atoms with E-state index in [-0.39, 0.29) is 5.91 Å². The van der Waals surface area contributed by atoms with Gasteiger partial charge in [-0.3, -0.25) is 4.79 Å². The van der Waals surface area contributed by atoms with Crippen molar-refractivity contribution in [1.82, 2.24) is 4.90 Å². The van der Waals surface area contributed by atoms with Gasteiger partial charge in [-0.25, -0.2) is 0 Å². The van der Waals surface area contributed by atoms with Gasteiger partial charge in [-0.2, -0.15) is 0 Å². The molecule has 2 rings (SSSR count). The minimum atomic E-state index is -0.0507. The third-order valence-electron chi connectivity index (χ3n) is 3.55. The van der Waals surface area contributed by atoms with Crippen LogP contribution in [-0.2, 0) is 0 Å². The second-order valence-corrected chi connectivity index (χ2v) is 4.68. The van der Waals surface area contributed by atoms with E-state index in [1.165, 1.54) is 0 Å². The number of likely N-dealkylation sites (tertiary alicyclic amines) is 1. The summed E-state index contributed by atoms with van der Waals surface area (Å²) in [5.41, 5.74) is 6.15. The van der Waals surface area contributed by atoms with Crippen LogP contribution in [0.2, 0.25) is 0 Å². The fourth-order valence-electron chi connectivity index (χ4n) is 2.43. The van der Waals surface area contributed by atoms with E-state index in [1.807, 2.05) is 4.90 Å². The van der Waals surface area contributed by atoms with Crippen LogP contribution in [0.15, 0.2) is 18.2 Å². The zero-order valence-corrected chi connectivity index (χ0v) is 11.4. The highest BCUT2D eigenvalue weighted by atomic mass is 16.5. The van der Waals surface area contributed by atoms with E-state index >= 15 is 0 Å². The Morgan fingerprint density at radius 1 is 1.37 bits per heavy atom. The zero-order valence-electron chi connectivity index (χ0n) is 11.4. The van der Waals surface area contributed by atoms with Crippen molar-refractivity contribution in [2.24, 2.45) is 11.7 Å². The van der Waals surface area contributed by atoms with E-state index < -0.39 is 0 Å². The maximum Gasteiger partial charge on any atom is 0.261 e. The van der Waals surface area contributed by atoms with Crippen LogP contribution in [0.5, 0.6) is 11.5 Å². The molecule has 1 aromatic rings. The van der Waals surface area contributed by atoms with E-state index in [2.05, 4.69) is 0 Å². The first-order valence-corrected chi connectivity index (χ1v) is 6.41. The third-order valence-corrected chi connectivity index (χ3v) is 3.55. The molecule has 0 spiro atoms. The van der Waals surface area contributed by atoms with Crippen LogP contribution in [0.4, 0.5) is 0 Å². The van der Waals surface area contributed by atoms with Crippen LogP contribution < -0.4 is 15.2 Å². The van der Waals surface area contributed by atoms with Crippen LogP contribution in [0.1, 0.15) is 16.8 Å². The van der Waals surface area contributed by atoms with Gasteiger partial charge in [0.1, 0.15) is 17.1 Å². The second-order valence-electron chi connectivity index (χ2n) is 4.68. The lowest BCUT2D eigenvalue weighted by Gasteiger charge is -2.19. The van der Waals surface area contributed by atoms with E-state index in [0.29, 0.717) is 36.1 Å². The molecule has 5 heteroatoms. The predicted octanol–water partition coefficient (Wildman–Crippen LogP) is 1.12. The highest BCUT2D eigenvalue weighted by Gasteiger charge is 2.29. The first-order chi connectivity index (χ1) is 9.21. The lowest BCUT2D eigenvalue weighted by atomic mass is 10.1. The highest BCUT2D eigenvalue weighted by molar-refractivity contribution is 5.99. The Balaban J connectivity index is 2.28. The minimum absolute atomic E-state index is 0.0507. The van der Waals surface area contributed by atoms with Gasteiger partial charge in [-0.15, -0.1) is 0 Å². The average molecular weight is 264 g/mol. The lowest BCUT2D eigenvalue weighted by Crippen LogP contribution is -2.30. The first-order valence-electron chi connectivity index (χ1n) is 6.41. The number of nitrogens with two attached hydrogens (primary N) is 1. The standard InChI is InChI=1S/C14H20N2O3/c1-18-11-4-3-5-12(19-2)13(11)14(17)16-7-6-10(8-15)9-16/h3-5,10H,6-9,15H2,1-2H3. The molecular formula is C14H20N2O3. The molecule has 1 aromatic carbocycles. The Bertz CT molecular complexity index is 440. The van der Waals surface area contributed by atoms with Gasteiger partial charge < -0.3 is 20.1 Å². The van der Waals surface area contributed by atoms with Crippen molar-refractivity contribution < 1.29 is 14.3 Å². The molecule has 104 valence electrons. The summed E-state index contributed by atoms with van der Waals surface area (Å²) in [5.74, 6) is 1.43. The van der Waals surface area contributed by atoms with Gasteiger partial charge in [-0.05, 0) is 31.0 Å². The molecule has 0 saturated carbocycles. The Hall–Kier alpha value is -1.75. The monoisotopic (exact) mass is 264 g/mol. The number of hydrogen-bond acceptors (Lipinski definition) is 4. The van der Waals surface area contributed by atoms with Crippen molar-refractivity contribution in [3.8, 4) is 11.5 Å². The number of ether oxygens (including phenoxy) is 2. The largest absolute Gasteiger partial charge is 0.496 e. The van der Waals surface area contributed by atoms with Crippen LogP contribution >= 0.6 is 0 Å². The molecule has 1 aliphatic rings. The van der Waals surface area contributed by atoms with Crippen molar-refractivity contribution in [1.29, 1.82) is 0 Å². The summed E-state index contributed by atoms with van der Waals surface area (Å²) in [6, 6.07) is 5.35. The maximum atomic E-state index is 12.6. The summed E-state index contributed by atoms with van der Waals surface area (Å²) in [6.45, 7) is 2.06. The fraction of sp³-hybridized carbons (Fsp3) is 0.500. The van der Waals surface area contributed by atoms with E-state index in [0.717, 1.165) is 13.0 Å². The number of rotatable bonds is 4. The topological polar surface area (TPSA) is 64.8 Å². The van der Waals surface area contributed by atoms with Gasteiger partial charge >= 0.3 is 0 Å². The van der Waals surface area contributed by atoms with Crippen molar-refractivity contribution in [2.75, 3.05) is 33.9 Å². The number of amides is 1. The molecule has 1 fully saturated rings. The van der Waals surface area contributed by atoms with Gasteiger partial charge in [0.15, 0.2) is 0 Å². The minimum Gasteiger partial charge on any atom is -0.496 e. The SMILES string of the molecule is COc1cccc(OC)c1C(=O)N1CCC(CN)C1. The molecule has 0 aliphatic carbocycles. The molecule has 0 bridgehead atoms. The van der Waals surface area contributed by atoms with Crippen molar-refractivity contribution in [2.45, 2.75) is 6.42 Å². The second kappa shape index (κ2) is 5.93. The van der Waals surface area contributed by atoms with E-state index in [4.69, 9.17) is 15.2 Å². The average Bonchev–Trinajstić information content (AvgIpc) is 2.94. The Morgan fingerprint density at radius 3 is 2.47 bits per heavy atom. The summed E-state index contributed by atoms with van der Waals surface area (Å²) >= 11 is 0. The number of hydrogen-bond donors (Lipinski definition) is 1. The molecule has 0 radical (unpaired) electrons. The zero-order chi connectivity index (χ0) is 13.8.